The molecule has 2 aromatic heterocycles. The Hall–Kier alpha value is -2.53. The Morgan fingerprint density at radius 3 is 2.68 bits per heavy atom. The fourth-order valence-corrected chi connectivity index (χ4v) is 2.25. The van der Waals surface area contributed by atoms with Crippen LogP contribution in [0.15, 0.2) is 55.1 Å². The fraction of sp³-hybridized carbons (Fsp3) is 0.0625. The molecule has 0 amide bonds. The molecular formula is C16H11ClFN3O. The quantitative estimate of drug-likeness (QED) is 0.547. The summed E-state index contributed by atoms with van der Waals surface area (Å²) in [4.78, 5) is 20.2. The molecule has 22 heavy (non-hydrogen) atoms. The number of Topliss-reactive ketones (excluding diaryl/α,β-unsaturated/α-hetero) is 1. The molecular weight excluding hydrogens is 305 g/mol. The molecule has 0 aliphatic heterocycles. The number of aromatic nitrogens is 3. The van der Waals surface area contributed by atoms with Gasteiger partial charge in [-0.1, -0.05) is 11.6 Å². The van der Waals surface area contributed by atoms with Gasteiger partial charge in [0.25, 0.3) is 0 Å². The molecule has 2 heterocycles. The van der Waals surface area contributed by atoms with Crippen LogP contribution in [0.4, 0.5) is 4.39 Å². The Balaban J connectivity index is 1.78. The molecule has 4 nitrogen and oxygen atoms in total. The van der Waals surface area contributed by atoms with Crippen molar-refractivity contribution < 1.29 is 9.18 Å². The second-order valence-corrected chi connectivity index (χ2v) is 5.12. The number of carbonyl (C=O) groups is 1. The van der Waals surface area contributed by atoms with Gasteiger partial charge in [0.15, 0.2) is 5.78 Å². The molecule has 3 rings (SSSR count). The first-order chi connectivity index (χ1) is 10.6. The third kappa shape index (κ3) is 3.20. The average molecular weight is 316 g/mol. The highest BCUT2D eigenvalue weighted by atomic mass is 35.5. The van der Waals surface area contributed by atoms with Gasteiger partial charge in [-0.15, -0.1) is 0 Å². The SMILES string of the molecule is O=C(Cc1ccnc(Cl)c1)c1cn(-c2ccc(F)cc2)cn1. The van der Waals surface area contributed by atoms with E-state index < -0.39 is 0 Å². The lowest BCUT2D eigenvalue weighted by molar-refractivity contribution is 0.0988. The third-order valence-corrected chi connectivity index (χ3v) is 3.36. The van der Waals surface area contributed by atoms with E-state index in [1.54, 1.807) is 41.2 Å². The number of imidazole rings is 1. The van der Waals surface area contributed by atoms with Crippen molar-refractivity contribution in [2.75, 3.05) is 0 Å². The summed E-state index contributed by atoms with van der Waals surface area (Å²) in [6.45, 7) is 0. The van der Waals surface area contributed by atoms with E-state index in [-0.39, 0.29) is 18.0 Å². The zero-order valence-corrected chi connectivity index (χ0v) is 12.2. The van der Waals surface area contributed by atoms with Gasteiger partial charge in [-0.3, -0.25) is 4.79 Å². The minimum Gasteiger partial charge on any atom is -0.306 e. The van der Waals surface area contributed by atoms with Crippen LogP contribution in [0.2, 0.25) is 5.15 Å². The number of halogens is 2. The Bertz CT molecular complexity index is 814. The monoisotopic (exact) mass is 315 g/mol. The predicted octanol–water partition coefficient (Wildman–Crippen LogP) is 3.49. The molecule has 0 saturated heterocycles. The number of hydrogen-bond acceptors (Lipinski definition) is 3. The van der Waals surface area contributed by atoms with Crippen LogP contribution in [-0.2, 0) is 6.42 Å². The number of carbonyl (C=O) groups excluding carboxylic acids is 1. The summed E-state index contributed by atoms with van der Waals surface area (Å²) in [6, 6.07) is 9.34. The van der Waals surface area contributed by atoms with E-state index in [1.807, 2.05) is 0 Å². The first-order valence-corrected chi connectivity index (χ1v) is 6.93. The predicted molar refractivity (Wildman–Crippen MR) is 80.8 cm³/mol. The van der Waals surface area contributed by atoms with E-state index in [9.17, 15) is 9.18 Å². The van der Waals surface area contributed by atoms with E-state index in [1.165, 1.54) is 18.5 Å². The third-order valence-electron chi connectivity index (χ3n) is 3.15. The molecule has 0 aliphatic carbocycles. The van der Waals surface area contributed by atoms with Crippen molar-refractivity contribution in [2.45, 2.75) is 6.42 Å². The summed E-state index contributed by atoms with van der Waals surface area (Å²) in [6.07, 6.45) is 4.91. The normalized spacial score (nSPS) is 10.6. The number of ketones is 1. The van der Waals surface area contributed by atoms with Crippen LogP contribution in [0.3, 0.4) is 0 Å². The van der Waals surface area contributed by atoms with Crippen LogP contribution in [0.5, 0.6) is 0 Å². The number of benzene rings is 1. The Morgan fingerprint density at radius 2 is 1.95 bits per heavy atom. The molecule has 0 bridgehead atoms. The van der Waals surface area contributed by atoms with Crippen molar-refractivity contribution in [1.29, 1.82) is 0 Å². The maximum atomic E-state index is 12.9. The highest BCUT2D eigenvalue weighted by Crippen LogP contribution is 2.13. The van der Waals surface area contributed by atoms with Crippen molar-refractivity contribution in [3.8, 4) is 5.69 Å². The van der Waals surface area contributed by atoms with Gasteiger partial charge in [0.2, 0.25) is 0 Å². The Morgan fingerprint density at radius 1 is 1.18 bits per heavy atom. The molecule has 6 heteroatoms. The van der Waals surface area contributed by atoms with Crippen molar-refractivity contribution >= 4 is 17.4 Å². The van der Waals surface area contributed by atoms with Gasteiger partial charge in [-0.2, -0.15) is 0 Å². The van der Waals surface area contributed by atoms with E-state index >= 15 is 0 Å². The minimum atomic E-state index is -0.310. The molecule has 3 aromatic rings. The molecule has 0 atom stereocenters. The first kappa shape index (κ1) is 14.4. The smallest absolute Gasteiger partial charge is 0.187 e. The second-order valence-electron chi connectivity index (χ2n) is 4.73. The van der Waals surface area contributed by atoms with Crippen LogP contribution in [0.1, 0.15) is 16.1 Å². The zero-order valence-electron chi connectivity index (χ0n) is 11.4. The van der Waals surface area contributed by atoms with Gasteiger partial charge in [-0.25, -0.2) is 14.4 Å². The molecule has 0 saturated carbocycles. The summed E-state index contributed by atoms with van der Waals surface area (Å²) in [5.41, 5.74) is 1.86. The molecule has 0 spiro atoms. The molecule has 1 aromatic carbocycles. The van der Waals surface area contributed by atoms with Gasteiger partial charge in [0.05, 0.1) is 0 Å². The van der Waals surface area contributed by atoms with Gasteiger partial charge < -0.3 is 4.57 Å². The van der Waals surface area contributed by atoms with Crippen molar-refractivity contribution in [2.24, 2.45) is 0 Å². The summed E-state index contributed by atoms with van der Waals surface area (Å²) in [7, 11) is 0. The van der Waals surface area contributed by atoms with Gasteiger partial charge in [0, 0.05) is 24.5 Å². The number of nitrogens with zero attached hydrogens (tertiary/aromatic N) is 3. The molecule has 0 N–H and O–H groups in total. The molecule has 110 valence electrons. The summed E-state index contributed by atoms with van der Waals surface area (Å²) < 4.78 is 14.6. The maximum absolute atomic E-state index is 12.9. The largest absolute Gasteiger partial charge is 0.306 e. The highest BCUT2D eigenvalue weighted by molar-refractivity contribution is 6.29. The van der Waals surface area contributed by atoms with Gasteiger partial charge >= 0.3 is 0 Å². The lowest BCUT2D eigenvalue weighted by atomic mass is 10.1. The van der Waals surface area contributed by atoms with Crippen molar-refractivity contribution in [3.05, 3.63) is 77.3 Å². The van der Waals surface area contributed by atoms with Crippen molar-refractivity contribution in [3.63, 3.8) is 0 Å². The lowest BCUT2D eigenvalue weighted by Crippen LogP contribution is -2.04. The van der Waals surface area contributed by atoms with Crippen LogP contribution < -0.4 is 0 Å². The molecule has 0 fully saturated rings. The minimum absolute atomic E-state index is 0.122. The van der Waals surface area contributed by atoms with Crippen LogP contribution in [-0.4, -0.2) is 20.3 Å². The van der Waals surface area contributed by atoms with Gasteiger partial charge in [0.1, 0.15) is 23.0 Å². The van der Waals surface area contributed by atoms with Crippen LogP contribution in [0.25, 0.3) is 5.69 Å². The van der Waals surface area contributed by atoms with E-state index in [2.05, 4.69) is 9.97 Å². The van der Waals surface area contributed by atoms with Crippen molar-refractivity contribution in [1.82, 2.24) is 14.5 Å². The fourth-order valence-electron chi connectivity index (χ4n) is 2.05. The van der Waals surface area contributed by atoms with E-state index in [4.69, 9.17) is 11.6 Å². The Labute approximate surface area is 131 Å². The van der Waals surface area contributed by atoms with Crippen LogP contribution in [0, 0.1) is 5.82 Å². The first-order valence-electron chi connectivity index (χ1n) is 6.55. The number of pyridine rings is 1. The number of hydrogen-bond donors (Lipinski definition) is 0. The lowest BCUT2D eigenvalue weighted by Gasteiger charge is -2.01. The highest BCUT2D eigenvalue weighted by Gasteiger charge is 2.11. The zero-order chi connectivity index (χ0) is 15.5. The molecule has 0 unspecified atom stereocenters. The summed E-state index contributed by atoms with van der Waals surface area (Å²) >= 11 is 5.80. The summed E-state index contributed by atoms with van der Waals surface area (Å²) in [5, 5.41) is 0.349. The van der Waals surface area contributed by atoms with E-state index in [0.717, 1.165) is 11.3 Å². The average Bonchev–Trinajstić information content (AvgIpc) is 2.98. The second kappa shape index (κ2) is 6.07. The van der Waals surface area contributed by atoms with E-state index in [0.29, 0.717) is 10.8 Å². The number of rotatable bonds is 4. The topological polar surface area (TPSA) is 47.8 Å². The van der Waals surface area contributed by atoms with Crippen LogP contribution >= 0.6 is 11.6 Å². The molecule has 0 radical (unpaired) electrons. The standard InChI is InChI=1S/C16H11ClFN3O/c17-16-8-11(5-6-19-16)7-15(22)14-9-21(10-20-14)13-3-1-12(18)2-4-13/h1-6,8-10H,7H2. The maximum Gasteiger partial charge on any atom is 0.187 e. The Kier molecular flexibility index (Phi) is 3.98. The summed E-state index contributed by atoms with van der Waals surface area (Å²) in [5.74, 6) is -0.433. The molecule has 0 aliphatic rings. The van der Waals surface area contributed by atoms with Gasteiger partial charge in [-0.05, 0) is 42.0 Å².